The Morgan fingerprint density at radius 3 is 2.04 bits per heavy atom. The highest BCUT2D eigenvalue weighted by molar-refractivity contribution is 5.93. The number of rotatable bonds is 6. The molecular weight excluding hydrogens is 322 g/mol. The molecule has 0 saturated heterocycles. The largest absolute Gasteiger partial charge is 0.495 e. The van der Waals surface area contributed by atoms with Crippen LogP contribution in [0.4, 0.5) is 5.69 Å². The number of carbonyl (C=O) groups excluding carboxylic acids is 1. The van der Waals surface area contributed by atoms with Crippen LogP contribution in [0.5, 0.6) is 5.75 Å². The van der Waals surface area contributed by atoms with Crippen molar-refractivity contribution in [1.29, 1.82) is 0 Å². The Morgan fingerprint density at radius 1 is 0.923 bits per heavy atom. The third-order valence-corrected chi connectivity index (χ3v) is 4.42. The summed E-state index contributed by atoms with van der Waals surface area (Å²) in [5.41, 5.74) is 4.04. The van der Waals surface area contributed by atoms with Crippen LogP contribution in [0.1, 0.15) is 29.0 Å². The number of nitrogens with one attached hydrogen (secondary N) is 1. The van der Waals surface area contributed by atoms with Gasteiger partial charge in [0.2, 0.25) is 5.91 Å². The number of amides is 1. The summed E-state index contributed by atoms with van der Waals surface area (Å²) >= 11 is 0. The van der Waals surface area contributed by atoms with Crippen molar-refractivity contribution >= 4 is 11.6 Å². The van der Waals surface area contributed by atoms with Gasteiger partial charge in [-0.2, -0.15) is 0 Å². The molecule has 0 aliphatic heterocycles. The minimum atomic E-state index is -0.0355. The second-order valence-corrected chi connectivity index (χ2v) is 6.33. The molecule has 0 aliphatic carbocycles. The summed E-state index contributed by atoms with van der Waals surface area (Å²) in [5, 5.41) is 3.01. The van der Waals surface area contributed by atoms with Crippen LogP contribution < -0.4 is 10.1 Å². The summed E-state index contributed by atoms with van der Waals surface area (Å²) in [4.78, 5) is 12.8. The number of methoxy groups -OCH3 is 1. The van der Waals surface area contributed by atoms with E-state index in [9.17, 15) is 4.79 Å². The van der Waals surface area contributed by atoms with Crippen molar-refractivity contribution in [2.45, 2.75) is 19.3 Å². The molecule has 0 heterocycles. The third kappa shape index (κ3) is 4.31. The molecule has 3 aromatic carbocycles. The van der Waals surface area contributed by atoms with Gasteiger partial charge in [-0.1, -0.05) is 66.7 Å². The van der Waals surface area contributed by atoms with Crippen molar-refractivity contribution in [3.8, 4) is 5.75 Å². The van der Waals surface area contributed by atoms with E-state index in [0.717, 1.165) is 16.7 Å². The highest BCUT2D eigenvalue weighted by Crippen LogP contribution is 2.30. The highest BCUT2D eigenvalue weighted by atomic mass is 16.5. The number of benzene rings is 3. The van der Waals surface area contributed by atoms with E-state index in [1.807, 2.05) is 61.5 Å². The average Bonchev–Trinajstić information content (AvgIpc) is 2.68. The van der Waals surface area contributed by atoms with E-state index in [1.54, 1.807) is 7.11 Å². The van der Waals surface area contributed by atoms with Crippen molar-refractivity contribution in [2.75, 3.05) is 12.4 Å². The second kappa shape index (κ2) is 8.34. The maximum Gasteiger partial charge on any atom is 0.225 e. The van der Waals surface area contributed by atoms with Crippen LogP contribution in [0, 0.1) is 6.92 Å². The predicted molar refractivity (Wildman–Crippen MR) is 106 cm³/mol. The van der Waals surface area contributed by atoms with E-state index in [-0.39, 0.29) is 11.8 Å². The van der Waals surface area contributed by atoms with E-state index in [4.69, 9.17) is 4.74 Å². The van der Waals surface area contributed by atoms with Gasteiger partial charge in [0, 0.05) is 12.3 Å². The van der Waals surface area contributed by atoms with Crippen LogP contribution in [0.25, 0.3) is 0 Å². The molecule has 0 atom stereocenters. The summed E-state index contributed by atoms with van der Waals surface area (Å²) in [5.74, 6) is 0.639. The lowest BCUT2D eigenvalue weighted by Crippen LogP contribution is -2.17. The molecule has 0 spiro atoms. The minimum absolute atomic E-state index is 0.00760. The van der Waals surface area contributed by atoms with E-state index < -0.39 is 0 Å². The lowest BCUT2D eigenvalue weighted by Gasteiger charge is -2.18. The van der Waals surface area contributed by atoms with Gasteiger partial charge in [0.05, 0.1) is 12.8 Å². The van der Waals surface area contributed by atoms with E-state index in [2.05, 4.69) is 29.6 Å². The van der Waals surface area contributed by atoms with Gasteiger partial charge in [0.25, 0.3) is 0 Å². The lowest BCUT2D eigenvalue weighted by atomic mass is 9.88. The maximum absolute atomic E-state index is 12.8. The molecule has 3 heteroatoms. The van der Waals surface area contributed by atoms with Crippen LogP contribution in [0.3, 0.4) is 0 Å². The first-order valence-corrected chi connectivity index (χ1v) is 8.72. The molecule has 3 nitrogen and oxygen atoms in total. The normalized spacial score (nSPS) is 10.6. The average molecular weight is 345 g/mol. The number of hydrogen-bond donors (Lipinski definition) is 1. The van der Waals surface area contributed by atoms with Crippen molar-refractivity contribution in [3.63, 3.8) is 0 Å². The second-order valence-electron chi connectivity index (χ2n) is 6.33. The van der Waals surface area contributed by atoms with E-state index in [0.29, 0.717) is 17.9 Å². The molecule has 132 valence electrons. The molecule has 0 bridgehead atoms. The van der Waals surface area contributed by atoms with Gasteiger partial charge in [0.1, 0.15) is 5.75 Å². The SMILES string of the molecule is COc1ccc(C)cc1NC(=O)CC(c1ccccc1)c1ccccc1. The monoisotopic (exact) mass is 345 g/mol. The fourth-order valence-corrected chi connectivity index (χ4v) is 3.10. The first kappa shape index (κ1) is 17.7. The minimum Gasteiger partial charge on any atom is -0.495 e. The Morgan fingerprint density at radius 2 is 1.50 bits per heavy atom. The number of anilines is 1. The molecule has 0 aromatic heterocycles. The van der Waals surface area contributed by atoms with Gasteiger partial charge < -0.3 is 10.1 Å². The summed E-state index contributed by atoms with van der Waals surface area (Å²) in [6.45, 7) is 1.99. The first-order chi connectivity index (χ1) is 12.7. The number of ether oxygens (including phenoxy) is 1. The molecule has 0 aliphatic rings. The zero-order valence-corrected chi connectivity index (χ0v) is 15.1. The van der Waals surface area contributed by atoms with Gasteiger partial charge in [-0.3, -0.25) is 4.79 Å². The number of hydrogen-bond acceptors (Lipinski definition) is 2. The molecule has 1 N–H and O–H groups in total. The van der Waals surface area contributed by atoms with Gasteiger partial charge >= 0.3 is 0 Å². The molecule has 0 unspecified atom stereocenters. The van der Waals surface area contributed by atoms with Crippen LogP contribution in [-0.2, 0) is 4.79 Å². The Labute approximate surface area is 154 Å². The number of carbonyl (C=O) groups is 1. The van der Waals surface area contributed by atoms with Crippen molar-refractivity contribution in [2.24, 2.45) is 0 Å². The predicted octanol–water partition coefficient (Wildman–Crippen LogP) is 5.16. The van der Waals surface area contributed by atoms with Gasteiger partial charge in [-0.15, -0.1) is 0 Å². The lowest BCUT2D eigenvalue weighted by molar-refractivity contribution is -0.116. The Hall–Kier alpha value is -3.07. The number of aryl methyl sites for hydroxylation is 1. The summed E-state index contributed by atoms with van der Waals surface area (Å²) < 4.78 is 5.36. The molecular formula is C23H23NO2. The van der Waals surface area contributed by atoms with Crippen LogP contribution >= 0.6 is 0 Å². The molecule has 0 radical (unpaired) electrons. The fraction of sp³-hybridized carbons (Fsp3) is 0.174. The molecule has 3 aromatic rings. The molecule has 0 fully saturated rings. The third-order valence-electron chi connectivity index (χ3n) is 4.42. The fourth-order valence-electron chi connectivity index (χ4n) is 3.10. The summed E-state index contributed by atoms with van der Waals surface area (Å²) in [7, 11) is 1.61. The van der Waals surface area contributed by atoms with Crippen LogP contribution in [0.2, 0.25) is 0 Å². The van der Waals surface area contributed by atoms with Crippen molar-refractivity contribution < 1.29 is 9.53 Å². The van der Waals surface area contributed by atoms with Crippen LogP contribution in [0.15, 0.2) is 78.9 Å². The molecule has 26 heavy (non-hydrogen) atoms. The van der Waals surface area contributed by atoms with Crippen molar-refractivity contribution in [1.82, 2.24) is 0 Å². The maximum atomic E-state index is 12.8. The molecule has 0 saturated carbocycles. The highest BCUT2D eigenvalue weighted by Gasteiger charge is 2.19. The van der Waals surface area contributed by atoms with Crippen LogP contribution in [-0.4, -0.2) is 13.0 Å². The first-order valence-electron chi connectivity index (χ1n) is 8.72. The standard InChI is InChI=1S/C23H23NO2/c1-17-13-14-22(26-2)21(15-17)24-23(25)16-20(18-9-5-3-6-10-18)19-11-7-4-8-12-19/h3-15,20H,16H2,1-2H3,(H,24,25). The van der Waals surface area contributed by atoms with Crippen molar-refractivity contribution in [3.05, 3.63) is 95.6 Å². The molecule has 3 rings (SSSR count). The Balaban J connectivity index is 1.83. The van der Waals surface area contributed by atoms with Gasteiger partial charge in [-0.05, 0) is 35.7 Å². The van der Waals surface area contributed by atoms with Gasteiger partial charge in [0.15, 0.2) is 0 Å². The van der Waals surface area contributed by atoms with Gasteiger partial charge in [-0.25, -0.2) is 0 Å². The summed E-state index contributed by atoms with van der Waals surface area (Å²) in [6, 6.07) is 26.0. The topological polar surface area (TPSA) is 38.3 Å². The summed E-state index contributed by atoms with van der Waals surface area (Å²) in [6.07, 6.45) is 0.366. The van der Waals surface area contributed by atoms with E-state index in [1.165, 1.54) is 0 Å². The Kier molecular flexibility index (Phi) is 5.69. The molecule has 1 amide bonds. The van der Waals surface area contributed by atoms with E-state index >= 15 is 0 Å². The quantitative estimate of drug-likeness (QED) is 0.670. The Bertz CT molecular complexity index is 820. The zero-order valence-electron chi connectivity index (χ0n) is 15.1. The smallest absolute Gasteiger partial charge is 0.225 e. The zero-order chi connectivity index (χ0) is 18.4.